The molecular formula is C39H22N4O. The first-order valence-electron chi connectivity index (χ1n) is 14.7. The molecule has 0 radical (unpaired) electrons. The molecule has 204 valence electrons. The van der Waals surface area contributed by atoms with Gasteiger partial charge in [-0.05, 0) is 35.0 Å². The molecule has 4 aromatic heterocycles. The smallest absolute Gasteiger partial charge is 0.165 e. The number of hydrogen-bond donors (Lipinski definition) is 0. The summed E-state index contributed by atoms with van der Waals surface area (Å²) in [6.07, 6.45) is 1.82. The van der Waals surface area contributed by atoms with E-state index in [-0.39, 0.29) is 0 Å². The monoisotopic (exact) mass is 562 g/mol. The predicted molar refractivity (Wildman–Crippen MR) is 179 cm³/mol. The van der Waals surface area contributed by atoms with Gasteiger partial charge < -0.3 is 4.42 Å². The molecule has 0 N–H and O–H groups in total. The Bertz CT molecular complexity index is 2780. The third-order valence-electron chi connectivity index (χ3n) is 8.80. The number of hydrogen-bond acceptors (Lipinski definition) is 4. The summed E-state index contributed by atoms with van der Waals surface area (Å²) in [6, 6.07) is 43.9. The summed E-state index contributed by atoms with van der Waals surface area (Å²) in [6.45, 7) is 0. The van der Waals surface area contributed by atoms with Crippen LogP contribution in [-0.2, 0) is 0 Å². The van der Waals surface area contributed by atoms with Gasteiger partial charge in [0.1, 0.15) is 16.8 Å². The molecule has 0 unspecified atom stereocenters. The normalized spacial score (nSPS) is 12.1. The maximum absolute atomic E-state index is 6.78. The van der Waals surface area contributed by atoms with Gasteiger partial charge in [-0.25, -0.2) is 9.97 Å². The first-order valence-corrected chi connectivity index (χ1v) is 14.7. The molecule has 0 bridgehead atoms. The number of para-hydroxylation sites is 2. The van der Waals surface area contributed by atoms with Gasteiger partial charge in [-0.3, -0.25) is 9.55 Å². The summed E-state index contributed by atoms with van der Waals surface area (Å²) < 4.78 is 9.04. The van der Waals surface area contributed by atoms with Crippen molar-refractivity contribution in [3.05, 3.63) is 134 Å². The molecule has 0 aliphatic heterocycles. The Morgan fingerprint density at radius 2 is 1.27 bits per heavy atom. The van der Waals surface area contributed by atoms with Gasteiger partial charge in [-0.15, -0.1) is 0 Å². The Morgan fingerprint density at radius 1 is 0.545 bits per heavy atom. The Balaban J connectivity index is 1.48. The molecule has 10 rings (SSSR count). The van der Waals surface area contributed by atoms with Gasteiger partial charge in [-0.2, -0.15) is 0 Å². The van der Waals surface area contributed by atoms with Crippen LogP contribution in [0.3, 0.4) is 0 Å². The standard InChI is InChI=1S/C39H22N4O/c1-2-11-23(12-3-1)35-39(41-29-21-20-24-13-10-22-40-34(24)36(29)42-35)43-30-18-8-6-16-27(30)32-25-14-4-5-15-26(25)33-28-17-7-9-19-31(28)44-38(33)37(32)43/h1-22H. The van der Waals surface area contributed by atoms with Gasteiger partial charge in [0, 0.05) is 38.7 Å². The third-order valence-corrected chi connectivity index (χ3v) is 8.80. The molecule has 0 atom stereocenters. The zero-order valence-corrected chi connectivity index (χ0v) is 23.4. The lowest BCUT2D eigenvalue weighted by Gasteiger charge is -2.14. The van der Waals surface area contributed by atoms with E-state index in [4.69, 9.17) is 19.4 Å². The number of rotatable bonds is 2. The topological polar surface area (TPSA) is 56.7 Å². The zero-order chi connectivity index (χ0) is 28.8. The first kappa shape index (κ1) is 23.5. The van der Waals surface area contributed by atoms with Gasteiger partial charge in [0.2, 0.25) is 0 Å². The summed E-state index contributed by atoms with van der Waals surface area (Å²) in [7, 11) is 0. The Morgan fingerprint density at radius 3 is 2.14 bits per heavy atom. The minimum atomic E-state index is 0.752. The van der Waals surface area contributed by atoms with Crippen LogP contribution < -0.4 is 0 Å². The summed E-state index contributed by atoms with van der Waals surface area (Å²) in [4.78, 5) is 15.5. The van der Waals surface area contributed by atoms with Crippen molar-refractivity contribution in [1.82, 2.24) is 19.5 Å². The van der Waals surface area contributed by atoms with Crippen molar-refractivity contribution in [3.63, 3.8) is 0 Å². The van der Waals surface area contributed by atoms with Gasteiger partial charge in [0.15, 0.2) is 11.4 Å². The minimum Gasteiger partial charge on any atom is -0.454 e. The van der Waals surface area contributed by atoms with E-state index in [0.717, 1.165) is 82.8 Å². The molecule has 5 heteroatoms. The van der Waals surface area contributed by atoms with Gasteiger partial charge in [-0.1, -0.05) is 103 Å². The number of fused-ring (bicyclic) bond motifs is 13. The van der Waals surface area contributed by atoms with Crippen molar-refractivity contribution in [2.45, 2.75) is 0 Å². The molecule has 5 nitrogen and oxygen atoms in total. The molecule has 0 saturated carbocycles. The van der Waals surface area contributed by atoms with E-state index in [0.29, 0.717) is 0 Å². The average Bonchev–Trinajstić information content (AvgIpc) is 3.65. The lowest BCUT2D eigenvalue weighted by atomic mass is 9.99. The number of pyridine rings is 1. The average molecular weight is 563 g/mol. The van der Waals surface area contributed by atoms with E-state index in [2.05, 4.69) is 89.5 Å². The van der Waals surface area contributed by atoms with Crippen molar-refractivity contribution in [2.24, 2.45) is 0 Å². The summed E-state index contributed by atoms with van der Waals surface area (Å²) >= 11 is 0. The fraction of sp³-hybridized carbons (Fsp3) is 0. The van der Waals surface area contributed by atoms with Crippen LogP contribution in [0, 0.1) is 0 Å². The Labute approximate surface area is 250 Å². The van der Waals surface area contributed by atoms with E-state index in [9.17, 15) is 0 Å². The second-order valence-electron chi connectivity index (χ2n) is 11.2. The minimum absolute atomic E-state index is 0.752. The molecule has 0 amide bonds. The van der Waals surface area contributed by atoms with Crippen LogP contribution in [0.4, 0.5) is 0 Å². The first-order chi connectivity index (χ1) is 21.8. The zero-order valence-electron chi connectivity index (χ0n) is 23.4. The summed E-state index contributed by atoms with van der Waals surface area (Å²) in [5.74, 6) is 0.752. The summed E-state index contributed by atoms with van der Waals surface area (Å²) in [5, 5.41) is 7.88. The summed E-state index contributed by atoms with van der Waals surface area (Å²) in [5.41, 5.74) is 7.93. The van der Waals surface area contributed by atoms with E-state index in [1.807, 2.05) is 48.7 Å². The second-order valence-corrected chi connectivity index (χ2v) is 11.2. The third kappa shape index (κ3) is 3.10. The van der Waals surface area contributed by atoms with Gasteiger partial charge >= 0.3 is 0 Å². The predicted octanol–water partition coefficient (Wildman–Crippen LogP) is 9.99. The van der Waals surface area contributed by atoms with Crippen LogP contribution in [0.5, 0.6) is 0 Å². The highest BCUT2D eigenvalue weighted by Gasteiger charge is 2.25. The SMILES string of the molecule is c1ccc(-c2nc3c(ccc4cccnc43)nc2-n2c3ccccc3c3c4ccccc4c4c5ccccc5oc4c32)cc1. The van der Waals surface area contributed by atoms with E-state index in [1.165, 1.54) is 10.8 Å². The van der Waals surface area contributed by atoms with Crippen molar-refractivity contribution >= 4 is 76.5 Å². The fourth-order valence-corrected chi connectivity index (χ4v) is 6.94. The number of furan rings is 1. The highest BCUT2D eigenvalue weighted by molar-refractivity contribution is 6.35. The lowest BCUT2D eigenvalue weighted by molar-refractivity contribution is 0.671. The van der Waals surface area contributed by atoms with Crippen LogP contribution in [0.1, 0.15) is 0 Å². The van der Waals surface area contributed by atoms with E-state index in [1.54, 1.807) is 0 Å². The number of nitrogens with zero attached hydrogens (tertiary/aromatic N) is 4. The van der Waals surface area contributed by atoms with Crippen LogP contribution >= 0.6 is 0 Å². The van der Waals surface area contributed by atoms with Gasteiger partial charge in [0.25, 0.3) is 0 Å². The maximum atomic E-state index is 6.78. The molecule has 10 aromatic rings. The fourth-order valence-electron chi connectivity index (χ4n) is 6.94. The second kappa shape index (κ2) is 8.72. The Kier molecular flexibility index (Phi) is 4.66. The molecule has 0 spiro atoms. The van der Waals surface area contributed by atoms with E-state index >= 15 is 0 Å². The Hall–Kier alpha value is -6.07. The molecule has 44 heavy (non-hydrogen) atoms. The number of aromatic nitrogens is 4. The molecule has 0 aliphatic carbocycles. The molecule has 0 saturated heterocycles. The van der Waals surface area contributed by atoms with Crippen LogP contribution in [0.25, 0.3) is 93.5 Å². The van der Waals surface area contributed by atoms with Crippen molar-refractivity contribution < 1.29 is 4.42 Å². The van der Waals surface area contributed by atoms with Crippen LogP contribution in [-0.4, -0.2) is 19.5 Å². The lowest BCUT2D eigenvalue weighted by Crippen LogP contribution is -2.04. The molecular weight excluding hydrogens is 540 g/mol. The van der Waals surface area contributed by atoms with Crippen LogP contribution in [0.2, 0.25) is 0 Å². The van der Waals surface area contributed by atoms with E-state index < -0.39 is 0 Å². The molecule has 0 fully saturated rings. The van der Waals surface area contributed by atoms with Crippen molar-refractivity contribution in [3.8, 4) is 17.1 Å². The quantitative estimate of drug-likeness (QED) is 0.197. The van der Waals surface area contributed by atoms with Crippen molar-refractivity contribution in [1.29, 1.82) is 0 Å². The van der Waals surface area contributed by atoms with Gasteiger partial charge in [0.05, 0.1) is 22.1 Å². The maximum Gasteiger partial charge on any atom is 0.165 e. The number of benzene rings is 6. The highest BCUT2D eigenvalue weighted by atomic mass is 16.3. The molecule has 0 aliphatic rings. The van der Waals surface area contributed by atoms with Crippen LogP contribution in [0.15, 0.2) is 138 Å². The molecule has 6 aromatic carbocycles. The largest absolute Gasteiger partial charge is 0.454 e. The highest BCUT2D eigenvalue weighted by Crippen LogP contribution is 2.46. The van der Waals surface area contributed by atoms with Crippen molar-refractivity contribution in [2.75, 3.05) is 0 Å². The molecule has 4 heterocycles.